The van der Waals surface area contributed by atoms with Gasteiger partial charge in [-0.3, -0.25) is 0 Å². The summed E-state index contributed by atoms with van der Waals surface area (Å²) in [6, 6.07) is 7.38. The lowest BCUT2D eigenvalue weighted by Gasteiger charge is -2.21. The molecule has 2 nitrogen and oxygen atoms in total. The van der Waals surface area contributed by atoms with Crippen LogP contribution in [0.15, 0.2) is 24.3 Å². The van der Waals surface area contributed by atoms with Gasteiger partial charge in [-0.25, -0.2) is 0 Å². The molecule has 2 heteroatoms. The van der Waals surface area contributed by atoms with Crippen LogP contribution in [0.4, 0.5) is 0 Å². The van der Waals surface area contributed by atoms with Gasteiger partial charge in [-0.05, 0) is 36.0 Å². The molecule has 1 aliphatic carbocycles. The van der Waals surface area contributed by atoms with Crippen LogP contribution in [0.3, 0.4) is 0 Å². The molecule has 1 aromatic carbocycles. The first kappa shape index (κ1) is 11.5. The highest BCUT2D eigenvalue weighted by Crippen LogP contribution is 2.33. The zero-order valence-corrected chi connectivity index (χ0v) is 9.60. The summed E-state index contributed by atoms with van der Waals surface area (Å²) in [6.07, 6.45) is 6.01. The number of hydrogen-bond acceptors (Lipinski definition) is 2. The largest absolute Gasteiger partial charge is 0.508 e. The normalized spacial score (nSPS) is 18.8. The number of aliphatic hydroxyl groups is 1. The number of aromatic hydroxyl groups is 1. The Morgan fingerprint density at radius 1 is 1.25 bits per heavy atom. The predicted octanol–water partition coefficient (Wildman–Crippen LogP) is 2.73. The average Bonchev–Trinajstić information content (AvgIpc) is 2.79. The SMILES string of the molecule is OCC(Cc1cccc(O)c1)C1CCCC1. The monoisotopic (exact) mass is 220 g/mol. The van der Waals surface area contributed by atoms with Crippen LogP contribution in [-0.4, -0.2) is 16.8 Å². The van der Waals surface area contributed by atoms with Crippen molar-refractivity contribution in [3.8, 4) is 5.75 Å². The molecule has 1 saturated carbocycles. The molecule has 0 heterocycles. The Balaban J connectivity index is 2.00. The van der Waals surface area contributed by atoms with E-state index in [2.05, 4.69) is 0 Å². The van der Waals surface area contributed by atoms with Gasteiger partial charge in [0.05, 0.1) is 0 Å². The summed E-state index contributed by atoms with van der Waals surface area (Å²) in [5.41, 5.74) is 1.13. The highest BCUT2D eigenvalue weighted by molar-refractivity contribution is 5.27. The first-order chi connectivity index (χ1) is 7.79. The standard InChI is InChI=1S/C14H20O2/c15-10-13(12-5-1-2-6-12)8-11-4-3-7-14(16)9-11/h3-4,7,9,12-13,15-16H,1-2,5-6,8,10H2. The van der Waals surface area contributed by atoms with Crippen LogP contribution in [0, 0.1) is 11.8 Å². The second-order valence-electron chi connectivity index (χ2n) is 4.86. The summed E-state index contributed by atoms with van der Waals surface area (Å²) in [5, 5.41) is 18.9. The molecule has 2 N–H and O–H groups in total. The third-order valence-corrected chi connectivity index (χ3v) is 3.71. The molecule has 0 amide bonds. The molecular formula is C14H20O2. The lowest BCUT2D eigenvalue weighted by atomic mass is 9.86. The van der Waals surface area contributed by atoms with Crippen LogP contribution in [0.25, 0.3) is 0 Å². The third-order valence-electron chi connectivity index (χ3n) is 3.71. The number of aliphatic hydroxyl groups excluding tert-OH is 1. The molecule has 16 heavy (non-hydrogen) atoms. The topological polar surface area (TPSA) is 40.5 Å². The highest BCUT2D eigenvalue weighted by atomic mass is 16.3. The van der Waals surface area contributed by atoms with Crippen molar-refractivity contribution in [1.82, 2.24) is 0 Å². The van der Waals surface area contributed by atoms with E-state index in [0.717, 1.165) is 12.0 Å². The Labute approximate surface area is 96.9 Å². The summed E-state index contributed by atoms with van der Waals surface area (Å²) >= 11 is 0. The third kappa shape index (κ3) is 2.76. The van der Waals surface area contributed by atoms with E-state index < -0.39 is 0 Å². The number of phenols is 1. The van der Waals surface area contributed by atoms with Crippen molar-refractivity contribution >= 4 is 0 Å². The second-order valence-corrected chi connectivity index (χ2v) is 4.86. The van der Waals surface area contributed by atoms with Crippen LogP contribution in [0.1, 0.15) is 31.2 Å². The minimum absolute atomic E-state index is 0.264. The molecule has 0 saturated heterocycles. The summed E-state index contributed by atoms with van der Waals surface area (Å²) in [7, 11) is 0. The van der Waals surface area contributed by atoms with Crippen LogP contribution in [0.5, 0.6) is 5.75 Å². The van der Waals surface area contributed by atoms with Crippen LogP contribution in [-0.2, 0) is 6.42 Å². The van der Waals surface area contributed by atoms with Gasteiger partial charge in [0.2, 0.25) is 0 Å². The van der Waals surface area contributed by atoms with E-state index in [1.54, 1.807) is 12.1 Å². The Hall–Kier alpha value is -1.02. The first-order valence-electron chi connectivity index (χ1n) is 6.18. The number of phenolic OH excluding ortho intramolecular Hbond substituents is 1. The zero-order valence-electron chi connectivity index (χ0n) is 9.60. The van der Waals surface area contributed by atoms with Crippen LogP contribution < -0.4 is 0 Å². The second kappa shape index (κ2) is 5.35. The maximum absolute atomic E-state index is 9.45. The van der Waals surface area contributed by atoms with E-state index in [1.165, 1.54) is 25.7 Å². The molecule has 0 bridgehead atoms. The molecule has 0 aliphatic heterocycles. The molecule has 0 spiro atoms. The van der Waals surface area contributed by atoms with Crippen LogP contribution >= 0.6 is 0 Å². The minimum atomic E-state index is 0.264. The molecule has 1 aliphatic rings. The Bertz CT molecular complexity index is 329. The van der Waals surface area contributed by atoms with Gasteiger partial charge in [-0.1, -0.05) is 37.8 Å². The average molecular weight is 220 g/mol. The van der Waals surface area contributed by atoms with E-state index in [1.807, 2.05) is 12.1 Å². The van der Waals surface area contributed by atoms with Crippen molar-refractivity contribution in [2.75, 3.05) is 6.61 Å². The molecule has 1 aromatic rings. The van der Waals surface area contributed by atoms with Gasteiger partial charge in [0.25, 0.3) is 0 Å². The smallest absolute Gasteiger partial charge is 0.115 e. The molecule has 1 unspecified atom stereocenters. The van der Waals surface area contributed by atoms with Gasteiger partial charge >= 0.3 is 0 Å². The fourth-order valence-electron chi connectivity index (χ4n) is 2.80. The predicted molar refractivity (Wildman–Crippen MR) is 64.3 cm³/mol. The van der Waals surface area contributed by atoms with Gasteiger partial charge < -0.3 is 10.2 Å². The summed E-state index contributed by atoms with van der Waals surface area (Å²) in [6.45, 7) is 0.264. The molecule has 1 atom stereocenters. The lowest BCUT2D eigenvalue weighted by Crippen LogP contribution is -2.18. The number of hydrogen-bond donors (Lipinski definition) is 2. The molecule has 88 valence electrons. The van der Waals surface area contributed by atoms with Crippen molar-refractivity contribution in [1.29, 1.82) is 0 Å². The Kier molecular flexibility index (Phi) is 3.83. The molecule has 1 fully saturated rings. The first-order valence-corrected chi connectivity index (χ1v) is 6.18. The quantitative estimate of drug-likeness (QED) is 0.819. The van der Waals surface area contributed by atoms with Crippen molar-refractivity contribution < 1.29 is 10.2 Å². The molecule has 0 aromatic heterocycles. The summed E-state index contributed by atoms with van der Waals surface area (Å²) in [5.74, 6) is 1.36. The van der Waals surface area contributed by atoms with E-state index in [0.29, 0.717) is 17.6 Å². The fraction of sp³-hybridized carbons (Fsp3) is 0.571. The van der Waals surface area contributed by atoms with Crippen molar-refractivity contribution in [3.63, 3.8) is 0 Å². The van der Waals surface area contributed by atoms with Gasteiger partial charge in [0.1, 0.15) is 5.75 Å². The zero-order chi connectivity index (χ0) is 11.4. The van der Waals surface area contributed by atoms with Gasteiger partial charge in [0, 0.05) is 6.61 Å². The highest BCUT2D eigenvalue weighted by Gasteiger charge is 2.24. The number of benzene rings is 1. The van der Waals surface area contributed by atoms with Gasteiger partial charge in [-0.15, -0.1) is 0 Å². The molecular weight excluding hydrogens is 200 g/mol. The Morgan fingerprint density at radius 2 is 2.00 bits per heavy atom. The summed E-state index contributed by atoms with van der Waals surface area (Å²) < 4.78 is 0. The summed E-state index contributed by atoms with van der Waals surface area (Å²) in [4.78, 5) is 0. The van der Waals surface area contributed by atoms with Crippen molar-refractivity contribution in [2.45, 2.75) is 32.1 Å². The van der Waals surface area contributed by atoms with E-state index >= 15 is 0 Å². The van der Waals surface area contributed by atoms with Gasteiger partial charge in [0.15, 0.2) is 0 Å². The van der Waals surface area contributed by atoms with Crippen molar-refractivity contribution in [3.05, 3.63) is 29.8 Å². The van der Waals surface area contributed by atoms with E-state index in [9.17, 15) is 10.2 Å². The Morgan fingerprint density at radius 3 is 2.62 bits per heavy atom. The van der Waals surface area contributed by atoms with Gasteiger partial charge in [-0.2, -0.15) is 0 Å². The maximum atomic E-state index is 9.45. The lowest BCUT2D eigenvalue weighted by molar-refractivity contribution is 0.175. The van der Waals surface area contributed by atoms with E-state index in [4.69, 9.17) is 0 Å². The fourth-order valence-corrected chi connectivity index (χ4v) is 2.80. The minimum Gasteiger partial charge on any atom is -0.508 e. The molecule has 0 radical (unpaired) electrons. The van der Waals surface area contributed by atoms with E-state index in [-0.39, 0.29) is 6.61 Å². The number of rotatable bonds is 4. The maximum Gasteiger partial charge on any atom is 0.115 e. The van der Waals surface area contributed by atoms with Crippen molar-refractivity contribution in [2.24, 2.45) is 11.8 Å². The molecule has 2 rings (SSSR count). The van der Waals surface area contributed by atoms with Crippen LogP contribution in [0.2, 0.25) is 0 Å².